The van der Waals surface area contributed by atoms with Crippen molar-refractivity contribution in [3.8, 4) is 0 Å². The normalized spacial score (nSPS) is 9.20. The Kier molecular flexibility index (Phi) is 12.1. The number of carbonyl (C=O) groups excluding carboxylic acids is 2. The second-order valence-corrected chi connectivity index (χ2v) is 5.97. The van der Waals surface area contributed by atoms with Crippen LogP contribution in [0.4, 0.5) is 11.4 Å². The summed E-state index contributed by atoms with van der Waals surface area (Å²) >= 11 is 0. The lowest BCUT2D eigenvalue weighted by Gasteiger charge is -1.93. The van der Waals surface area contributed by atoms with Crippen LogP contribution in [0, 0.1) is 0 Å². The zero-order valence-corrected chi connectivity index (χ0v) is 16.3. The number of aliphatic carboxylic acids is 2. The van der Waals surface area contributed by atoms with Crippen LogP contribution >= 0.6 is 0 Å². The quantitative estimate of drug-likeness (QED) is 0.285. The summed E-state index contributed by atoms with van der Waals surface area (Å²) < 4.78 is 0. The molecule has 2 aromatic carbocycles. The van der Waals surface area contributed by atoms with Gasteiger partial charge < -0.3 is 33.1 Å². The molecule has 0 bridgehead atoms. The highest BCUT2D eigenvalue weighted by Crippen LogP contribution is 2.04. The zero-order chi connectivity index (χ0) is 23.1. The molecule has 0 saturated heterocycles. The van der Waals surface area contributed by atoms with Gasteiger partial charge in [0, 0.05) is 35.3 Å². The van der Waals surface area contributed by atoms with Crippen LogP contribution in [0.25, 0.3) is 0 Å². The zero-order valence-electron chi connectivity index (χ0n) is 16.3. The van der Waals surface area contributed by atoms with Crippen LogP contribution < -0.4 is 22.9 Å². The van der Waals surface area contributed by atoms with Crippen molar-refractivity contribution in [3.63, 3.8) is 0 Å². The maximum absolute atomic E-state index is 10.5. The summed E-state index contributed by atoms with van der Waals surface area (Å²) in [6.45, 7) is 0. The third kappa shape index (κ3) is 13.1. The first-order valence-electron chi connectivity index (χ1n) is 8.77. The number of amides is 2. The minimum absolute atomic E-state index is 0.0628. The van der Waals surface area contributed by atoms with Crippen molar-refractivity contribution < 1.29 is 29.4 Å². The number of carboxylic acid groups (broad SMARTS) is 2. The number of hydrogen-bond donors (Lipinski definition) is 6. The van der Waals surface area contributed by atoms with E-state index in [4.69, 9.17) is 33.1 Å². The van der Waals surface area contributed by atoms with Crippen LogP contribution in [0.1, 0.15) is 46.4 Å². The SMILES string of the molecule is NC(=O)c1ccc(N)cc1.NC(=O)c1ccc(N)cc1.O=C(O)CCCCC(=O)O. The molecular formula is C20H26N4O6. The van der Waals surface area contributed by atoms with Gasteiger partial charge in [-0.15, -0.1) is 0 Å². The van der Waals surface area contributed by atoms with Gasteiger partial charge in [-0.05, 0) is 61.4 Å². The number of hydrogen-bond acceptors (Lipinski definition) is 6. The Balaban J connectivity index is 0.000000420. The molecule has 10 nitrogen and oxygen atoms in total. The lowest BCUT2D eigenvalue weighted by Crippen LogP contribution is -2.10. The highest BCUT2D eigenvalue weighted by atomic mass is 16.4. The molecule has 10 N–H and O–H groups in total. The predicted octanol–water partition coefficient (Wildman–Crippen LogP) is 1.45. The van der Waals surface area contributed by atoms with Crippen LogP contribution in [0.3, 0.4) is 0 Å². The first-order valence-corrected chi connectivity index (χ1v) is 8.77. The Morgan fingerprint density at radius 2 is 0.867 bits per heavy atom. The minimum atomic E-state index is -0.870. The molecule has 2 aromatic rings. The first-order chi connectivity index (χ1) is 14.0. The molecule has 0 saturated carbocycles. The van der Waals surface area contributed by atoms with Crippen LogP contribution in [0.5, 0.6) is 0 Å². The van der Waals surface area contributed by atoms with E-state index >= 15 is 0 Å². The van der Waals surface area contributed by atoms with Crippen LogP contribution in [-0.4, -0.2) is 34.0 Å². The van der Waals surface area contributed by atoms with Crippen molar-refractivity contribution in [1.29, 1.82) is 0 Å². The topological polar surface area (TPSA) is 213 Å². The largest absolute Gasteiger partial charge is 0.481 e. The van der Waals surface area contributed by atoms with E-state index in [1.54, 1.807) is 48.5 Å². The number of nitrogen functional groups attached to an aromatic ring is 2. The molecule has 2 amide bonds. The Bertz CT molecular complexity index is 764. The minimum Gasteiger partial charge on any atom is -0.481 e. The average Bonchev–Trinajstić information content (AvgIpc) is 2.67. The summed E-state index contributed by atoms with van der Waals surface area (Å²) in [5.41, 5.74) is 22.9. The lowest BCUT2D eigenvalue weighted by molar-refractivity contribution is -0.139. The van der Waals surface area contributed by atoms with Crippen molar-refractivity contribution >= 4 is 35.1 Å². The van der Waals surface area contributed by atoms with Gasteiger partial charge in [0.25, 0.3) is 0 Å². The molecule has 30 heavy (non-hydrogen) atoms. The molecule has 0 aromatic heterocycles. The van der Waals surface area contributed by atoms with Gasteiger partial charge in [0.05, 0.1) is 0 Å². The summed E-state index contributed by atoms with van der Waals surface area (Å²) in [6.07, 6.45) is 1.02. The second kappa shape index (κ2) is 14.0. The Hall–Kier alpha value is -4.08. The van der Waals surface area contributed by atoms with Gasteiger partial charge in [-0.25, -0.2) is 0 Å². The van der Waals surface area contributed by atoms with Gasteiger partial charge in [0.2, 0.25) is 11.8 Å². The number of rotatable bonds is 7. The highest BCUT2D eigenvalue weighted by molar-refractivity contribution is 5.93. The molecular weight excluding hydrogens is 392 g/mol. The van der Waals surface area contributed by atoms with E-state index in [9.17, 15) is 19.2 Å². The fourth-order valence-electron chi connectivity index (χ4n) is 1.85. The molecule has 0 heterocycles. The van der Waals surface area contributed by atoms with E-state index in [-0.39, 0.29) is 12.8 Å². The summed E-state index contributed by atoms with van der Waals surface area (Å²) in [6, 6.07) is 12.9. The van der Waals surface area contributed by atoms with Crippen molar-refractivity contribution in [2.24, 2.45) is 11.5 Å². The molecule has 0 unspecified atom stereocenters. The van der Waals surface area contributed by atoms with Crippen molar-refractivity contribution in [2.75, 3.05) is 11.5 Å². The third-order valence-electron chi connectivity index (χ3n) is 3.42. The van der Waals surface area contributed by atoms with E-state index in [2.05, 4.69) is 0 Å². The first kappa shape index (κ1) is 25.9. The Labute approximate surface area is 173 Å². The maximum atomic E-state index is 10.5. The molecule has 0 spiro atoms. The van der Waals surface area contributed by atoms with Crippen LogP contribution in [0.15, 0.2) is 48.5 Å². The van der Waals surface area contributed by atoms with E-state index in [0.29, 0.717) is 35.3 Å². The summed E-state index contributed by atoms with van der Waals surface area (Å²) in [5, 5.41) is 16.3. The molecule has 0 radical (unpaired) electrons. The number of anilines is 2. The number of primary amides is 2. The molecule has 10 heteroatoms. The molecule has 0 aliphatic heterocycles. The molecule has 0 aliphatic carbocycles. The van der Waals surface area contributed by atoms with E-state index in [1.807, 2.05) is 0 Å². The monoisotopic (exact) mass is 418 g/mol. The van der Waals surface area contributed by atoms with E-state index in [0.717, 1.165) is 0 Å². The summed E-state index contributed by atoms with van der Waals surface area (Å²) in [5.74, 6) is -2.60. The van der Waals surface area contributed by atoms with Crippen molar-refractivity contribution in [1.82, 2.24) is 0 Å². The number of carbonyl (C=O) groups is 4. The fraction of sp³-hybridized carbons (Fsp3) is 0.200. The third-order valence-corrected chi connectivity index (χ3v) is 3.42. The predicted molar refractivity (Wildman–Crippen MR) is 112 cm³/mol. The number of unbranched alkanes of at least 4 members (excludes halogenated alkanes) is 1. The van der Waals surface area contributed by atoms with Gasteiger partial charge in [0.15, 0.2) is 0 Å². The van der Waals surface area contributed by atoms with Crippen LogP contribution in [-0.2, 0) is 9.59 Å². The molecule has 2 rings (SSSR count). The number of benzene rings is 2. The Morgan fingerprint density at radius 1 is 0.600 bits per heavy atom. The lowest BCUT2D eigenvalue weighted by atomic mass is 10.2. The maximum Gasteiger partial charge on any atom is 0.303 e. The Morgan fingerprint density at radius 3 is 1.07 bits per heavy atom. The summed E-state index contributed by atoms with van der Waals surface area (Å²) in [7, 11) is 0. The average molecular weight is 418 g/mol. The standard InChI is InChI=1S/2C7H8N2O.C6H10O4/c2*8-6-3-1-5(2-4-6)7(9)10;7-5(8)3-1-2-4-6(9)10/h2*1-4H,8H2,(H2,9,10);1-4H2,(H,7,8)(H,9,10). The van der Waals surface area contributed by atoms with Crippen molar-refractivity contribution in [2.45, 2.75) is 25.7 Å². The van der Waals surface area contributed by atoms with Gasteiger partial charge in [-0.1, -0.05) is 0 Å². The smallest absolute Gasteiger partial charge is 0.303 e. The van der Waals surface area contributed by atoms with E-state index in [1.165, 1.54) is 0 Å². The molecule has 0 aliphatic rings. The molecule has 0 fully saturated rings. The van der Waals surface area contributed by atoms with Gasteiger partial charge in [-0.2, -0.15) is 0 Å². The van der Waals surface area contributed by atoms with E-state index < -0.39 is 23.8 Å². The molecule has 0 atom stereocenters. The van der Waals surface area contributed by atoms with Gasteiger partial charge >= 0.3 is 11.9 Å². The van der Waals surface area contributed by atoms with Crippen LogP contribution in [0.2, 0.25) is 0 Å². The number of carboxylic acids is 2. The second-order valence-electron chi connectivity index (χ2n) is 5.97. The molecule has 162 valence electrons. The van der Waals surface area contributed by atoms with Crippen molar-refractivity contribution in [3.05, 3.63) is 59.7 Å². The fourth-order valence-corrected chi connectivity index (χ4v) is 1.85. The summed E-state index contributed by atoms with van der Waals surface area (Å²) in [4.78, 5) is 40.8. The number of nitrogens with two attached hydrogens (primary N) is 4. The highest BCUT2D eigenvalue weighted by Gasteiger charge is 1.99. The van der Waals surface area contributed by atoms with Gasteiger partial charge in [-0.3, -0.25) is 19.2 Å². The van der Waals surface area contributed by atoms with Gasteiger partial charge in [0.1, 0.15) is 0 Å².